The van der Waals surface area contributed by atoms with Crippen LogP contribution in [0.3, 0.4) is 0 Å². The zero-order chi connectivity index (χ0) is 37.0. The normalized spacial score (nSPS) is 25.6. The molecule has 11 nitrogen and oxygen atoms in total. The molecule has 3 fully saturated rings. The minimum absolute atomic E-state index is 0.0208. The average Bonchev–Trinajstić information content (AvgIpc) is 3.97. The molecule has 5 amide bonds. The van der Waals surface area contributed by atoms with Gasteiger partial charge in [0, 0.05) is 20.6 Å². The Kier molecular flexibility index (Phi) is 10.7. The van der Waals surface area contributed by atoms with Crippen molar-refractivity contribution in [3.05, 3.63) is 108 Å². The van der Waals surface area contributed by atoms with Gasteiger partial charge in [0.25, 0.3) is 0 Å². The topological polar surface area (TPSA) is 137 Å². The fourth-order valence-corrected chi connectivity index (χ4v) is 7.93. The Morgan fingerprint density at radius 1 is 0.788 bits per heavy atom. The number of hydrogen-bond donors (Lipinski definition) is 3. The minimum Gasteiger partial charge on any atom is -0.445 e. The van der Waals surface area contributed by atoms with E-state index in [0.717, 1.165) is 16.7 Å². The zero-order valence-electron chi connectivity index (χ0n) is 30.3. The Morgan fingerprint density at radius 3 is 1.92 bits per heavy atom. The van der Waals surface area contributed by atoms with E-state index < -0.39 is 35.0 Å². The molecule has 274 valence electrons. The molecule has 1 saturated heterocycles. The second-order valence-corrected chi connectivity index (χ2v) is 15.1. The van der Waals surface area contributed by atoms with Crippen molar-refractivity contribution in [1.29, 1.82) is 0 Å². The van der Waals surface area contributed by atoms with Crippen LogP contribution in [0.5, 0.6) is 0 Å². The average molecular weight is 708 g/mol. The van der Waals surface area contributed by atoms with E-state index in [1.165, 1.54) is 0 Å². The van der Waals surface area contributed by atoms with Gasteiger partial charge in [0.1, 0.15) is 12.6 Å². The first-order valence-electron chi connectivity index (χ1n) is 18.1. The first-order valence-corrected chi connectivity index (χ1v) is 18.1. The van der Waals surface area contributed by atoms with E-state index in [0.29, 0.717) is 32.2 Å². The number of alkyl carbamates (subject to hydrolysis) is 1. The van der Waals surface area contributed by atoms with Gasteiger partial charge in [-0.05, 0) is 54.2 Å². The van der Waals surface area contributed by atoms with Gasteiger partial charge in [0.15, 0.2) is 0 Å². The number of likely N-dealkylation sites (tertiary alicyclic amines) is 1. The SMILES string of the molecule is CN(C)C(=O)[C@]1(C)C[C@@H]1[C@H](NC(=O)CNC(=O)[C@@H]1CCCN1C(=O)[C@]1(C)C[C@@H]1[C@H](NC(=O)OCc1ccccc1)c1ccccc1)c1ccccc1. The summed E-state index contributed by atoms with van der Waals surface area (Å²) in [5.41, 5.74) is 1.26. The maximum atomic E-state index is 14.2. The van der Waals surface area contributed by atoms with Gasteiger partial charge in [-0.2, -0.15) is 0 Å². The van der Waals surface area contributed by atoms with Crippen molar-refractivity contribution < 1.29 is 28.7 Å². The third kappa shape index (κ3) is 7.83. The van der Waals surface area contributed by atoms with Crippen LogP contribution in [0.4, 0.5) is 4.79 Å². The van der Waals surface area contributed by atoms with Crippen LogP contribution in [0.25, 0.3) is 0 Å². The van der Waals surface area contributed by atoms with Crippen molar-refractivity contribution in [3.8, 4) is 0 Å². The molecule has 0 spiro atoms. The largest absolute Gasteiger partial charge is 0.445 e. The van der Waals surface area contributed by atoms with Crippen LogP contribution in [-0.4, -0.2) is 72.7 Å². The van der Waals surface area contributed by atoms with Crippen molar-refractivity contribution in [3.63, 3.8) is 0 Å². The highest BCUT2D eigenvalue weighted by molar-refractivity contribution is 5.94. The summed E-state index contributed by atoms with van der Waals surface area (Å²) in [6.07, 6.45) is 1.77. The number of carbonyl (C=O) groups is 5. The molecule has 3 aromatic carbocycles. The number of nitrogens with zero attached hydrogens (tertiary/aromatic N) is 2. The van der Waals surface area contributed by atoms with Crippen LogP contribution in [0.2, 0.25) is 0 Å². The van der Waals surface area contributed by atoms with E-state index >= 15 is 0 Å². The van der Waals surface area contributed by atoms with Gasteiger partial charge < -0.3 is 30.5 Å². The minimum atomic E-state index is -0.794. The highest BCUT2D eigenvalue weighted by Gasteiger charge is 2.62. The van der Waals surface area contributed by atoms with Crippen LogP contribution in [-0.2, 0) is 30.5 Å². The molecule has 3 N–H and O–H groups in total. The molecule has 3 aliphatic rings. The lowest BCUT2D eigenvalue weighted by Gasteiger charge is -2.29. The molecule has 6 rings (SSSR count). The van der Waals surface area contributed by atoms with Crippen LogP contribution < -0.4 is 16.0 Å². The van der Waals surface area contributed by atoms with Crippen LogP contribution >= 0.6 is 0 Å². The van der Waals surface area contributed by atoms with Gasteiger partial charge in [0.05, 0.1) is 29.5 Å². The molecule has 0 radical (unpaired) electrons. The summed E-state index contributed by atoms with van der Waals surface area (Å²) < 4.78 is 5.53. The molecule has 3 aromatic rings. The summed E-state index contributed by atoms with van der Waals surface area (Å²) in [5.74, 6) is -1.15. The smallest absolute Gasteiger partial charge is 0.407 e. The summed E-state index contributed by atoms with van der Waals surface area (Å²) in [6, 6.07) is 27.0. The molecule has 52 heavy (non-hydrogen) atoms. The van der Waals surface area contributed by atoms with Crippen LogP contribution in [0.15, 0.2) is 91.0 Å². The summed E-state index contributed by atoms with van der Waals surface area (Å²) in [6.45, 7) is 4.13. The fraction of sp³-hybridized carbons (Fsp3) is 0.439. The van der Waals surface area contributed by atoms with Crippen LogP contribution in [0.1, 0.15) is 68.3 Å². The van der Waals surface area contributed by atoms with Gasteiger partial charge in [0.2, 0.25) is 23.6 Å². The van der Waals surface area contributed by atoms with Crippen LogP contribution in [0, 0.1) is 22.7 Å². The van der Waals surface area contributed by atoms with E-state index in [1.807, 2.05) is 105 Å². The number of carbonyl (C=O) groups excluding carboxylic acids is 5. The molecule has 11 heteroatoms. The van der Waals surface area contributed by atoms with Crippen molar-refractivity contribution in [2.45, 2.75) is 64.3 Å². The molecule has 2 aliphatic carbocycles. The second kappa shape index (κ2) is 15.2. The third-order valence-corrected chi connectivity index (χ3v) is 11.2. The van der Waals surface area contributed by atoms with Gasteiger partial charge in [-0.25, -0.2) is 4.79 Å². The summed E-state index contributed by atoms with van der Waals surface area (Å²) in [4.78, 5) is 70.1. The first-order chi connectivity index (χ1) is 24.9. The lowest BCUT2D eigenvalue weighted by Crippen LogP contribution is -2.50. The number of nitrogens with one attached hydrogen (secondary N) is 3. The number of amides is 5. The molecule has 1 heterocycles. The van der Waals surface area contributed by atoms with E-state index in [-0.39, 0.29) is 48.6 Å². The molecule has 1 aliphatic heterocycles. The standard InChI is InChI=1S/C41H49N5O6/c1-40(37(49)45(3)4)23-30(40)34(28-17-10-6-11-18-28)43-33(47)25-42-36(48)32-21-14-22-46(32)38(50)41(2)24-31(41)35(29-19-12-7-13-20-29)44-39(51)52-26-27-15-8-5-9-16-27/h5-13,15-20,30-32,34-35H,14,21-26H2,1-4H3,(H,42,48)(H,43,47)(H,44,51)/t30-,31-,32+,34-,35-,40-,41-/m1/s1. The van der Waals surface area contributed by atoms with Crippen molar-refractivity contribution in [2.24, 2.45) is 22.7 Å². The zero-order valence-corrected chi connectivity index (χ0v) is 30.3. The lowest BCUT2D eigenvalue weighted by atomic mass is 9.94. The predicted octanol–water partition coefficient (Wildman–Crippen LogP) is 4.76. The molecule has 0 unspecified atom stereocenters. The Hall–Kier alpha value is -5.19. The molecular weight excluding hydrogens is 658 g/mol. The van der Waals surface area contributed by atoms with E-state index in [9.17, 15) is 24.0 Å². The van der Waals surface area contributed by atoms with Crippen molar-refractivity contribution in [1.82, 2.24) is 25.8 Å². The molecule has 2 saturated carbocycles. The van der Waals surface area contributed by atoms with Gasteiger partial charge >= 0.3 is 6.09 Å². The Morgan fingerprint density at radius 2 is 1.33 bits per heavy atom. The Bertz CT molecular complexity index is 1770. The third-order valence-electron chi connectivity index (χ3n) is 11.2. The maximum absolute atomic E-state index is 14.2. The lowest BCUT2D eigenvalue weighted by molar-refractivity contribution is -0.143. The summed E-state index contributed by atoms with van der Waals surface area (Å²) >= 11 is 0. The summed E-state index contributed by atoms with van der Waals surface area (Å²) in [7, 11) is 3.47. The number of rotatable bonds is 13. The highest BCUT2D eigenvalue weighted by Crippen LogP contribution is 2.60. The monoisotopic (exact) mass is 707 g/mol. The molecule has 7 atom stereocenters. The fourth-order valence-electron chi connectivity index (χ4n) is 7.93. The molecule has 0 bridgehead atoms. The summed E-state index contributed by atoms with van der Waals surface area (Å²) in [5, 5.41) is 8.87. The second-order valence-electron chi connectivity index (χ2n) is 15.1. The number of benzene rings is 3. The first kappa shape index (κ1) is 36.6. The quantitative estimate of drug-likeness (QED) is 0.235. The Labute approximate surface area is 305 Å². The predicted molar refractivity (Wildman–Crippen MR) is 195 cm³/mol. The van der Waals surface area contributed by atoms with E-state index in [4.69, 9.17) is 4.74 Å². The van der Waals surface area contributed by atoms with Gasteiger partial charge in [-0.3, -0.25) is 19.2 Å². The van der Waals surface area contributed by atoms with E-state index in [2.05, 4.69) is 16.0 Å². The van der Waals surface area contributed by atoms with Gasteiger partial charge in [-0.1, -0.05) is 105 Å². The molecule has 0 aromatic heterocycles. The molecular formula is C41H49N5O6. The highest BCUT2D eigenvalue weighted by atomic mass is 16.5. The van der Waals surface area contributed by atoms with Gasteiger partial charge in [-0.15, -0.1) is 0 Å². The van der Waals surface area contributed by atoms with Crippen molar-refractivity contribution >= 4 is 29.7 Å². The van der Waals surface area contributed by atoms with E-state index in [1.54, 1.807) is 23.9 Å². The number of ether oxygens (including phenoxy) is 1. The maximum Gasteiger partial charge on any atom is 0.407 e. The number of hydrogen-bond acceptors (Lipinski definition) is 6. The van der Waals surface area contributed by atoms with Crippen molar-refractivity contribution in [2.75, 3.05) is 27.2 Å². The Balaban J connectivity index is 1.07.